The summed E-state index contributed by atoms with van der Waals surface area (Å²) in [6, 6.07) is 22.8. The SMILES string of the molecule is CCOc1ccc(C(=O)CCC(=O)Nc2cc(-c3ccccc3)c3ccc(Br)cc3n2)cc1OCC. The van der Waals surface area contributed by atoms with E-state index < -0.39 is 0 Å². The van der Waals surface area contributed by atoms with E-state index in [4.69, 9.17) is 9.47 Å². The summed E-state index contributed by atoms with van der Waals surface area (Å²) in [7, 11) is 0. The largest absolute Gasteiger partial charge is 0.490 e. The molecule has 1 aromatic heterocycles. The number of anilines is 1. The lowest BCUT2D eigenvalue weighted by Crippen LogP contribution is -2.14. The van der Waals surface area contributed by atoms with Gasteiger partial charge in [0.2, 0.25) is 5.91 Å². The lowest BCUT2D eigenvalue weighted by atomic mass is 10.0. The van der Waals surface area contributed by atoms with Crippen molar-refractivity contribution in [2.24, 2.45) is 0 Å². The number of nitrogens with zero attached hydrogens (tertiary/aromatic N) is 1. The van der Waals surface area contributed by atoms with Crippen molar-refractivity contribution in [3.05, 3.63) is 82.8 Å². The van der Waals surface area contributed by atoms with Gasteiger partial charge in [-0.3, -0.25) is 9.59 Å². The molecule has 0 fully saturated rings. The molecule has 0 aliphatic rings. The Morgan fingerprint density at radius 2 is 1.61 bits per heavy atom. The van der Waals surface area contributed by atoms with E-state index in [0.29, 0.717) is 36.1 Å². The van der Waals surface area contributed by atoms with Crippen molar-refractivity contribution in [2.75, 3.05) is 18.5 Å². The van der Waals surface area contributed by atoms with Crippen molar-refractivity contribution in [2.45, 2.75) is 26.7 Å². The second-order valence-electron chi connectivity index (χ2n) is 8.08. The third-order valence-corrected chi connectivity index (χ3v) is 6.06. The van der Waals surface area contributed by atoms with E-state index in [0.717, 1.165) is 26.5 Å². The Labute approximate surface area is 218 Å². The molecule has 0 radical (unpaired) electrons. The molecule has 3 aromatic carbocycles. The molecular weight excluding hydrogens is 520 g/mol. The fourth-order valence-corrected chi connectivity index (χ4v) is 4.27. The van der Waals surface area contributed by atoms with E-state index in [1.54, 1.807) is 18.2 Å². The van der Waals surface area contributed by atoms with Gasteiger partial charge in [-0.15, -0.1) is 0 Å². The monoisotopic (exact) mass is 546 g/mol. The van der Waals surface area contributed by atoms with Gasteiger partial charge >= 0.3 is 0 Å². The van der Waals surface area contributed by atoms with Crippen LogP contribution in [0.25, 0.3) is 22.0 Å². The van der Waals surface area contributed by atoms with Crippen molar-refractivity contribution in [1.29, 1.82) is 0 Å². The highest BCUT2D eigenvalue weighted by atomic mass is 79.9. The number of amides is 1. The lowest BCUT2D eigenvalue weighted by molar-refractivity contribution is -0.116. The van der Waals surface area contributed by atoms with E-state index in [2.05, 4.69) is 26.2 Å². The van der Waals surface area contributed by atoms with Crippen molar-refractivity contribution in [3.8, 4) is 22.6 Å². The Kier molecular flexibility index (Phi) is 8.33. The van der Waals surface area contributed by atoms with E-state index in [9.17, 15) is 9.59 Å². The summed E-state index contributed by atoms with van der Waals surface area (Å²) < 4.78 is 12.1. The lowest BCUT2D eigenvalue weighted by Gasteiger charge is -2.12. The number of Topliss-reactive ketones (excluding diaryl/α,β-unsaturated/α-hetero) is 1. The molecule has 1 N–H and O–H groups in total. The van der Waals surface area contributed by atoms with Gasteiger partial charge in [0, 0.05) is 28.3 Å². The molecule has 0 saturated heterocycles. The van der Waals surface area contributed by atoms with E-state index in [1.807, 2.05) is 68.4 Å². The third-order valence-electron chi connectivity index (χ3n) is 5.57. The highest BCUT2D eigenvalue weighted by Gasteiger charge is 2.15. The molecule has 0 saturated carbocycles. The molecule has 4 aromatic rings. The van der Waals surface area contributed by atoms with Crippen LogP contribution in [0.3, 0.4) is 0 Å². The molecule has 0 bridgehead atoms. The van der Waals surface area contributed by atoms with Crippen LogP contribution >= 0.6 is 15.9 Å². The number of ketones is 1. The van der Waals surface area contributed by atoms with Crippen LogP contribution < -0.4 is 14.8 Å². The van der Waals surface area contributed by atoms with Crippen LogP contribution in [0.2, 0.25) is 0 Å². The molecule has 4 rings (SSSR count). The van der Waals surface area contributed by atoms with Crippen LogP contribution in [-0.4, -0.2) is 29.9 Å². The summed E-state index contributed by atoms with van der Waals surface area (Å²) in [6.07, 6.45) is 0.102. The minimum Gasteiger partial charge on any atom is -0.490 e. The van der Waals surface area contributed by atoms with Gasteiger partial charge in [-0.2, -0.15) is 0 Å². The van der Waals surface area contributed by atoms with Gasteiger partial charge in [-0.05, 0) is 61.4 Å². The van der Waals surface area contributed by atoms with Crippen LogP contribution in [0.15, 0.2) is 77.3 Å². The zero-order valence-electron chi connectivity index (χ0n) is 20.2. The molecule has 36 heavy (non-hydrogen) atoms. The van der Waals surface area contributed by atoms with E-state index in [-0.39, 0.29) is 24.5 Å². The molecule has 0 atom stereocenters. The normalized spacial score (nSPS) is 10.8. The van der Waals surface area contributed by atoms with E-state index in [1.165, 1.54) is 0 Å². The van der Waals surface area contributed by atoms with Crippen molar-refractivity contribution in [3.63, 3.8) is 0 Å². The summed E-state index contributed by atoms with van der Waals surface area (Å²) in [6.45, 7) is 4.72. The molecule has 0 aliphatic carbocycles. The first kappa shape index (κ1) is 25.4. The molecule has 0 unspecified atom stereocenters. The minimum absolute atomic E-state index is 0.0366. The van der Waals surface area contributed by atoms with Gasteiger partial charge < -0.3 is 14.8 Å². The maximum atomic E-state index is 12.8. The summed E-state index contributed by atoms with van der Waals surface area (Å²) in [5.41, 5.74) is 3.24. The van der Waals surface area contributed by atoms with Gasteiger partial charge in [0.1, 0.15) is 5.82 Å². The maximum Gasteiger partial charge on any atom is 0.225 e. The number of carbonyl (C=O) groups is 2. The average Bonchev–Trinajstić information content (AvgIpc) is 2.88. The number of fused-ring (bicyclic) bond motifs is 1. The first-order chi connectivity index (χ1) is 17.5. The second-order valence-corrected chi connectivity index (χ2v) is 9.00. The van der Waals surface area contributed by atoms with Gasteiger partial charge in [0.15, 0.2) is 17.3 Å². The molecular formula is C29H27BrN2O4. The Morgan fingerprint density at radius 3 is 2.36 bits per heavy atom. The molecule has 6 nitrogen and oxygen atoms in total. The quantitative estimate of drug-likeness (QED) is 0.215. The number of carbonyl (C=O) groups excluding carboxylic acids is 2. The highest BCUT2D eigenvalue weighted by Crippen LogP contribution is 2.32. The number of benzene rings is 3. The van der Waals surface area contributed by atoms with Crippen LogP contribution in [0.1, 0.15) is 37.0 Å². The minimum atomic E-state index is -0.278. The number of pyridine rings is 1. The third kappa shape index (κ3) is 6.10. The molecule has 0 aliphatic heterocycles. The van der Waals surface area contributed by atoms with Crippen molar-refractivity contribution in [1.82, 2.24) is 4.98 Å². The van der Waals surface area contributed by atoms with Gasteiger partial charge in [-0.1, -0.05) is 52.3 Å². The number of hydrogen-bond donors (Lipinski definition) is 1. The Balaban J connectivity index is 1.49. The summed E-state index contributed by atoms with van der Waals surface area (Å²) >= 11 is 3.50. The first-order valence-electron chi connectivity index (χ1n) is 11.9. The average molecular weight is 547 g/mol. The number of ether oxygens (including phenoxy) is 2. The molecule has 1 amide bonds. The van der Waals surface area contributed by atoms with Crippen LogP contribution in [0.4, 0.5) is 5.82 Å². The van der Waals surface area contributed by atoms with Gasteiger partial charge in [0.25, 0.3) is 0 Å². The second kappa shape index (κ2) is 11.8. The van der Waals surface area contributed by atoms with E-state index >= 15 is 0 Å². The number of halogens is 1. The smallest absolute Gasteiger partial charge is 0.225 e. The zero-order chi connectivity index (χ0) is 25.5. The molecule has 0 spiro atoms. The zero-order valence-corrected chi connectivity index (χ0v) is 21.8. The van der Waals surface area contributed by atoms with Crippen molar-refractivity contribution >= 4 is 44.3 Å². The summed E-state index contributed by atoms with van der Waals surface area (Å²) in [4.78, 5) is 30.2. The fraction of sp³-hybridized carbons (Fsp3) is 0.207. The number of hydrogen-bond acceptors (Lipinski definition) is 5. The van der Waals surface area contributed by atoms with Crippen LogP contribution in [0.5, 0.6) is 11.5 Å². The van der Waals surface area contributed by atoms with Gasteiger partial charge in [-0.25, -0.2) is 4.98 Å². The number of aromatic nitrogens is 1. The van der Waals surface area contributed by atoms with Crippen LogP contribution in [0, 0.1) is 0 Å². The first-order valence-corrected chi connectivity index (χ1v) is 12.7. The number of nitrogens with one attached hydrogen (secondary N) is 1. The molecule has 7 heteroatoms. The number of rotatable bonds is 10. The fourth-order valence-electron chi connectivity index (χ4n) is 3.92. The van der Waals surface area contributed by atoms with Crippen LogP contribution in [-0.2, 0) is 4.79 Å². The maximum absolute atomic E-state index is 12.8. The molecule has 1 heterocycles. The summed E-state index contributed by atoms with van der Waals surface area (Å²) in [5.74, 6) is 1.14. The Bertz CT molecular complexity index is 1390. The Morgan fingerprint density at radius 1 is 0.861 bits per heavy atom. The predicted octanol–water partition coefficient (Wildman–Crippen LogP) is 7.06. The standard InChI is InChI=1S/C29H27BrN2O4/c1-3-35-26-14-10-20(16-27(26)36-4-2)25(33)13-15-29(34)32-28-18-23(19-8-6-5-7-9-19)22-12-11-21(30)17-24(22)31-28/h5-12,14,16-18H,3-4,13,15H2,1-2H3,(H,31,32,34). The predicted molar refractivity (Wildman–Crippen MR) is 146 cm³/mol. The summed E-state index contributed by atoms with van der Waals surface area (Å²) in [5, 5.41) is 3.85. The topological polar surface area (TPSA) is 77.5 Å². The molecule has 184 valence electrons. The van der Waals surface area contributed by atoms with Crippen molar-refractivity contribution < 1.29 is 19.1 Å². The van der Waals surface area contributed by atoms with Gasteiger partial charge in [0.05, 0.1) is 18.7 Å². The highest BCUT2D eigenvalue weighted by molar-refractivity contribution is 9.10. The Hall–Kier alpha value is -3.71.